The lowest BCUT2D eigenvalue weighted by Crippen LogP contribution is -2.72. The molecule has 5 aliphatic rings. The van der Waals surface area contributed by atoms with Gasteiger partial charge in [0.2, 0.25) is 5.60 Å². The van der Waals surface area contributed by atoms with Crippen LogP contribution < -0.4 is 16.4 Å². The number of nitrogen functional groups attached to an aromatic ring is 1. The van der Waals surface area contributed by atoms with Gasteiger partial charge in [0.05, 0.1) is 30.4 Å². The molecule has 0 unspecified atom stereocenters. The summed E-state index contributed by atoms with van der Waals surface area (Å²) in [5.74, 6) is -4.35. The molecule has 7 rings (SSSR count). The van der Waals surface area contributed by atoms with E-state index in [4.69, 9.17) is 22.2 Å². The van der Waals surface area contributed by atoms with Crippen LogP contribution in [0.2, 0.25) is 5.02 Å². The molecule has 56 heavy (non-hydrogen) atoms. The molecule has 9 N–H and O–H groups in total. The monoisotopic (exact) mass is 837 g/mol. The average molecular weight is 838 g/mol. The number of carboxylic acids is 1. The number of nitrogens with two attached hydrogens (primary N) is 1. The van der Waals surface area contributed by atoms with Crippen LogP contribution in [0.15, 0.2) is 39.1 Å². The Kier molecular flexibility index (Phi) is 11.5. The molecule has 3 atom stereocenters. The fourth-order valence-corrected chi connectivity index (χ4v) is 9.71. The summed E-state index contributed by atoms with van der Waals surface area (Å²) in [6.45, 7) is 7.54. The normalized spacial score (nSPS) is 26.4. The molecule has 0 radical (unpaired) electrons. The number of carboxylic acid groups (broad SMARTS) is 1. The maximum absolute atomic E-state index is 13.7. The number of thiazole rings is 1. The molecule has 302 valence electrons. The zero-order chi connectivity index (χ0) is 40.7. The van der Waals surface area contributed by atoms with Crippen LogP contribution in [-0.2, 0) is 28.9 Å². The Morgan fingerprint density at radius 3 is 2.41 bits per heavy atom. The van der Waals surface area contributed by atoms with Gasteiger partial charge in [-0.1, -0.05) is 21.9 Å². The third kappa shape index (κ3) is 7.83. The molecule has 19 nitrogen and oxygen atoms in total. The third-order valence-corrected chi connectivity index (χ3v) is 13.4. The van der Waals surface area contributed by atoms with Crippen LogP contribution in [0.3, 0.4) is 0 Å². The summed E-state index contributed by atoms with van der Waals surface area (Å²) in [6, 6.07) is 1.31. The highest BCUT2D eigenvalue weighted by Crippen LogP contribution is 2.48. The summed E-state index contributed by atoms with van der Waals surface area (Å²) in [6.07, 6.45) is 2.35. The molecule has 2 aromatic rings. The maximum Gasteiger partial charge on any atom is 0.350 e. The van der Waals surface area contributed by atoms with Gasteiger partial charge in [-0.25, -0.2) is 14.7 Å². The number of anilines is 1. The van der Waals surface area contributed by atoms with Crippen LogP contribution in [0.5, 0.6) is 11.5 Å². The fraction of sp³-hybridized carbons (Fsp3) is 0.500. The molecule has 2 bridgehead atoms. The molecule has 0 spiro atoms. The first-order valence-corrected chi connectivity index (χ1v) is 19.7. The number of fused-ring (bicyclic) bond motifs is 4. The van der Waals surface area contributed by atoms with Crippen molar-refractivity contribution in [2.24, 2.45) is 15.7 Å². The second kappa shape index (κ2) is 15.7. The molecule has 22 heteroatoms. The number of aliphatic carboxylic acids is 1. The van der Waals surface area contributed by atoms with Gasteiger partial charge >= 0.3 is 5.97 Å². The van der Waals surface area contributed by atoms with Crippen molar-refractivity contribution >= 4 is 74.9 Å². The molecule has 5 aliphatic heterocycles. The van der Waals surface area contributed by atoms with Crippen LogP contribution in [0, 0.1) is 5.41 Å². The van der Waals surface area contributed by atoms with Crippen LogP contribution >= 0.6 is 34.7 Å². The number of carbonyl (C=O) groups is 4. The molecule has 0 aliphatic carbocycles. The molecule has 1 aromatic carbocycles. The molecule has 0 saturated carbocycles. The molecule has 3 amide bonds. The summed E-state index contributed by atoms with van der Waals surface area (Å²) in [5.41, 5.74) is 4.62. The van der Waals surface area contributed by atoms with Crippen molar-refractivity contribution in [2.45, 2.75) is 62.3 Å². The van der Waals surface area contributed by atoms with E-state index in [-0.39, 0.29) is 50.1 Å². The number of phenolic OH excluding ortho intramolecular Hbond substituents is 2. The Morgan fingerprint density at radius 2 is 1.84 bits per heavy atom. The number of carbonyl (C=O) groups excluding carboxylic acids is 3. The number of thioether (sulfide) groups is 1. The second-order valence-corrected chi connectivity index (χ2v) is 17.6. The summed E-state index contributed by atoms with van der Waals surface area (Å²) in [4.78, 5) is 67.4. The highest BCUT2D eigenvalue weighted by Gasteiger charge is 2.56. The van der Waals surface area contributed by atoms with Gasteiger partial charge in [-0.3, -0.25) is 24.5 Å². The number of oxime groups is 2. The minimum atomic E-state index is -1.77. The number of nitrogens with zero attached hydrogens (tertiary/aromatic N) is 5. The Hall–Kier alpha value is -4.67. The number of hydrogen-bond acceptors (Lipinski definition) is 16. The third-order valence-electron chi connectivity index (χ3n) is 11.0. The standard InChI is InChI=1S/C34H41ClN8O11S2/c1-16-18(12-43-7-4-34(5-8-43,6-9-43)15-37-27(46)23(40-51)17-10-19(35)26(45)22(44)11-17)21(13-53-52)42-29(48)25(30(42)56-16)39-28(47)24(20-14-55-32(36)38-20)41-54-33(2,3)31(49)50/h10-11,14,16,25,30H,4-9,12-13,15H2,1-3H3,(H8-,36,37,38,39,40,41,44,45,46,47,49,50,51,52)/p+1/t16-,25+,30+,34?,43?/m0/s1. The molecule has 4 fully saturated rings. The predicted molar refractivity (Wildman–Crippen MR) is 203 cm³/mol. The van der Waals surface area contributed by atoms with Gasteiger partial charge in [0, 0.05) is 53.0 Å². The number of hydrogen-bond donors (Lipinski definition) is 8. The van der Waals surface area contributed by atoms with Crippen molar-refractivity contribution in [3.05, 3.63) is 45.1 Å². The number of nitrogens with one attached hydrogen (secondary N) is 2. The minimum Gasteiger partial charge on any atom is -0.504 e. The van der Waals surface area contributed by atoms with E-state index in [1.807, 2.05) is 6.92 Å². The Morgan fingerprint density at radius 1 is 1.16 bits per heavy atom. The number of halogens is 1. The quantitative estimate of drug-likeness (QED) is 0.0257. The van der Waals surface area contributed by atoms with Gasteiger partial charge in [0.15, 0.2) is 28.1 Å². The SMILES string of the molecule is C[C@@H]1S[C@@H]2[C@H](NC(=O)/C(=N\OC(C)(C)C(=O)O)c3csc(N)n3)C(=O)N2C(COO)=C1C[N+]12CCC(CNC(=O)/C(=N\O)c3cc(O)c(O)c(Cl)c3)(CC1)CC2. The van der Waals surface area contributed by atoms with E-state index in [2.05, 4.69) is 30.8 Å². The zero-order valence-corrected chi connectivity index (χ0v) is 32.9. The zero-order valence-electron chi connectivity index (χ0n) is 30.5. The van der Waals surface area contributed by atoms with Gasteiger partial charge in [-0.15, -0.1) is 23.1 Å². The number of phenols is 2. The van der Waals surface area contributed by atoms with Gasteiger partial charge in [0.1, 0.15) is 30.3 Å². The maximum atomic E-state index is 13.7. The number of benzene rings is 1. The second-order valence-electron chi connectivity index (χ2n) is 14.9. The smallest absolute Gasteiger partial charge is 0.350 e. The molecular formula is C34H42ClN8O11S2+. The predicted octanol–water partition coefficient (Wildman–Crippen LogP) is 1.90. The first-order chi connectivity index (χ1) is 26.4. The van der Waals surface area contributed by atoms with E-state index >= 15 is 0 Å². The van der Waals surface area contributed by atoms with E-state index < -0.39 is 52.2 Å². The van der Waals surface area contributed by atoms with Crippen molar-refractivity contribution in [2.75, 3.05) is 45.1 Å². The van der Waals surface area contributed by atoms with Gasteiger partial charge in [0.25, 0.3) is 17.7 Å². The van der Waals surface area contributed by atoms with Crippen LogP contribution in [0.1, 0.15) is 51.3 Å². The Bertz CT molecular complexity index is 1990. The molecule has 1 aromatic heterocycles. The van der Waals surface area contributed by atoms with Crippen molar-refractivity contribution in [1.29, 1.82) is 0 Å². The number of piperidine rings is 3. The number of aromatic hydroxyl groups is 2. The lowest BCUT2D eigenvalue weighted by atomic mass is 9.70. The van der Waals surface area contributed by atoms with Crippen molar-refractivity contribution in [1.82, 2.24) is 20.5 Å². The number of amides is 3. The highest BCUT2D eigenvalue weighted by atomic mass is 35.5. The lowest BCUT2D eigenvalue weighted by Gasteiger charge is -2.57. The van der Waals surface area contributed by atoms with Crippen molar-refractivity contribution in [3.8, 4) is 11.5 Å². The minimum absolute atomic E-state index is 0.0318. The molecule has 6 heterocycles. The van der Waals surface area contributed by atoms with Gasteiger partial charge in [-0.05, 0) is 32.9 Å². The van der Waals surface area contributed by atoms with Crippen LogP contribution in [0.4, 0.5) is 5.13 Å². The number of β-lactam (4-membered cyclic amide) rings is 1. The Labute approximate surface area is 333 Å². The number of aromatic nitrogens is 1. The Balaban J connectivity index is 1.12. The van der Waals surface area contributed by atoms with E-state index in [0.29, 0.717) is 18.8 Å². The van der Waals surface area contributed by atoms with Crippen LogP contribution in [0.25, 0.3) is 0 Å². The van der Waals surface area contributed by atoms with Crippen molar-refractivity contribution < 1.29 is 59.2 Å². The van der Waals surface area contributed by atoms with E-state index in [1.54, 1.807) is 0 Å². The average Bonchev–Trinajstić information content (AvgIpc) is 3.59. The fourth-order valence-electron chi connectivity index (χ4n) is 7.46. The largest absolute Gasteiger partial charge is 0.504 e. The highest BCUT2D eigenvalue weighted by molar-refractivity contribution is 8.00. The summed E-state index contributed by atoms with van der Waals surface area (Å²) in [7, 11) is 0. The summed E-state index contributed by atoms with van der Waals surface area (Å²) < 4.78 is 0.732. The number of rotatable bonds is 14. The first-order valence-electron chi connectivity index (χ1n) is 17.5. The van der Waals surface area contributed by atoms with Gasteiger partial charge < -0.3 is 46.2 Å². The first kappa shape index (κ1) is 41.0. The van der Waals surface area contributed by atoms with Crippen LogP contribution in [-0.4, -0.2) is 137 Å². The van der Waals surface area contributed by atoms with E-state index in [9.17, 15) is 45.0 Å². The molecule has 4 saturated heterocycles. The van der Waals surface area contributed by atoms with E-state index in [0.717, 1.165) is 66.4 Å². The topological polar surface area (TPSA) is 279 Å². The van der Waals surface area contributed by atoms with E-state index in [1.165, 1.54) is 42.0 Å². The molecular weight excluding hydrogens is 796 g/mol. The van der Waals surface area contributed by atoms with Crippen molar-refractivity contribution in [3.63, 3.8) is 0 Å². The summed E-state index contributed by atoms with van der Waals surface area (Å²) >= 11 is 8.45. The number of quaternary nitrogens is 1. The lowest BCUT2D eigenvalue weighted by molar-refractivity contribution is -0.941. The summed E-state index contributed by atoms with van der Waals surface area (Å²) in [5, 5.41) is 61.6. The van der Waals surface area contributed by atoms with Gasteiger partial charge in [-0.2, -0.15) is 0 Å².